The van der Waals surface area contributed by atoms with Crippen LogP contribution in [0.25, 0.3) is 0 Å². The molecule has 0 saturated heterocycles. The third kappa shape index (κ3) is 19.8. The Morgan fingerprint density at radius 2 is 0.848 bits per heavy atom. The van der Waals surface area contributed by atoms with Crippen LogP contribution in [0.2, 0.25) is 0 Å². The lowest BCUT2D eigenvalue weighted by atomic mass is 10.0. The summed E-state index contributed by atoms with van der Waals surface area (Å²) in [5, 5.41) is 0. The summed E-state index contributed by atoms with van der Waals surface area (Å²) in [5.74, 6) is -0.195. The van der Waals surface area contributed by atoms with Gasteiger partial charge in [-0.2, -0.15) is 0 Å². The Kier molecular flexibility index (Phi) is 21.5. The number of ether oxygens (including phenoxy) is 1. The number of carbonyl (C=O) groups is 1. The molecule has 0 atom stereocenters. The number of carbonyl (C=O) groups excluding carboxylic acids is 1. The maximum Gasteiger partial charge on any atom is 0.338 e. The molecule has 0 spiro atoms. The minimum atomic E-state index is -0.195. The van der Waals surface area contributed by atoms with Crippen LogP contribution in [0.3, 0.4) is 0 Å². The Morgan fingerprint density at radius 3 is 1.21 bits per heavy atom. The SMILES string of the molecule is CCCCCCCCCCCCCCCCCCCCCCCCOC(=O)c1ccccc1. The van der Waals surface area contributed by atoms with Gasteiger partial charge in [0.05, 0.1) is 12.2 Å². The summed E-state index contributed by atoms with van der Waals surface area (Å²) >= 11 is 0. The summed E-state index contributed by atoms with van der Waals surface area (Å²) in [6.45, 7) is 2.84. The first-order valence-electron chi connectivity index (χ1n) is 14.6. The molecule has 0 fully saturated rings. The van der Waals surface area contributed by atoms with E-state index in [0.29, 0.717) is 12.2 Å². The van der Waals surface area contributed by atoms with E-state index in [0.717, 1.165) is 6.42 Å². The van der Waals surface area contributed by atoms with Crippen LogP contribution in [-0.4, -0.2) is 12.6 Å². The molecule has 33 heavy (non-hydrogen) atoms. The minimum absolute atomic E-state index is 0.195. The summed E-state index contributed by atoms with van der Waals surface area (Å²) in [6, 6.07) is 9.27. The van der Waals surface area contributed by atoms with Gasteiger partial charge in [0.1, 0.15) is 0 Å². The highest BCUT2D eigenvalue weighted by molar-refractivity contribution is 5.89. The van der Waals surface area contributed by atoms with E-state index in [-0.39, 0.29) is 5.97 Å². The molecule has 1 aromatic rings. The molecule has 2 nitrogen and oxygen atoms in total. The van der Waals surface area contributed by atoms with Crippen LogP contribution in [0.1, 0.15) is 159 Å². The molecular formula is C31H54O2. The van der Waals surface area contributed by atoms with Gasteiger partial charge < -0.3 is 4.74 Å². The molecule has 0 amide bonds. The van der Waals surface area contributed by atoms with Crippen LogP contribution in [0.4, 0.5) is 0 Å². The minimum Gasteiger partial charge on any atom is -0.462 e. The van der Waals surface area contributed by atoms with Gasteiger partial charge in [0.2, 0.25) is 0 Å². The summed E-state index contributed by atoms with van der Waals surface area (Å²) < 4.78 is 5.33. The number of esters is 1. The summed E-state index contributed by atoms with van der Waals surface area (Å²) in [6.07, 6.45) is 30.6. The maximum absolute atomic E-state index is 11.8. The van der Waals surface area contributed by atoms with Crippen LogP contribution in [-0.2, 0) is 4.74 Å². The molecule has 0 radical (unpaired) electrons. The molecule has 0 saturated carbocycles. The van der Waals surface area contributed by atoms with Crippen molar-refractivity contribution in [3.63, 3.8) is 0 Å². The van der Waals surface area contributed by atoms with Crippen molar-refractivity contribution in [1.29, 1.82) is 0 Å². The molecule has 0 aliphatic heterocycles. The molecule has 190 valence electrons. The second-order valence-corrected chi connectivity index (χ2v) is 9.93. The Labute approximate surface area is 206 Å². The molecule has 0 N–H and O–H groups in total. The van der Waals surface area contributed by atoms with E-state index in [2.05, 4.69) is 6.92 Å². The summed E-state index contributed by atoms with van der Waals surface area (Å²) in [7, 11) is 0. The van der Waals surface area contributed by atoms with Gasteiger partial charge in [0, 0.05) is 0 Å². The predicted octanol–water partition coefficient (Wildman–Crippen LogP) is 10.4. The zero-order valence-electron chi connectivity index (χ0n) is 22.0. The highest BCUT2D eigenvalue weighted by Crippen LogP contribution is 2.15. The van der Waals surface area contributed by atoms with E-state index in [9.17, 15) is 4.79 Å². The lowest BCUT2D eigenvalue weighted by molar-refractivity contribution is 0.0497. The van der Waals surface area contributed by atoms with Crippen molar-refractivity contribution in [1.82, 2.24) is 0 Å². The zero-order chi connectivity index (χ0) is 23.7. The normalized spacial score (nSPS) is 11.1. The Balaban J connectivity index is 1.69. The van der Waals surface area contributed by atoms with Crippen LogP contribution in [0, 0.1) is 0 Å². The fourth-order valence-electron chi connectivity index (χ4n) is 4.53. The van der Waals surface area contributed by atoms with Gasteiger partial charge in [-0.1, -0.05) is 160 Å². The van der Waals surface area contributed by atoms with Gasteiger partial charge in [0.25, 0.3) is 0 Å². The molecule has 0 heterocycles. The van der Waals surface area contributed by atoms with Crippen molar-refractivity contribution in [2.24, 2.45) is 0 Å². The molecule has 0 unspecified atom stereocenters. The summed E-state index contributed by atoms with van der Waals surface area (Å²) in [4.78, 5) is 11.8. The van der Waals surface area contributed by atoms with E-state index >= 15 is 0 Å². The Bertz CT molecular complexity index is 525. The smallest absolute Gasteiger partial charge is 0.338 e. The molecule has 0 bridgehead atoms. The average Bonchev–Trinajstić information content (AvgIpc) is 2.85. The predicted molar refractivity (Wildman–Crippen MR) is 144 cm³/mol. The number of hydrogen-bond acceptors (Lipinski definition) is 2. The van der Waals surface area contributed by atoms with Gasteiger partial charge in [-0.05, 0) is 18.6 Å². The van der Waals surface area contributed by atoms with Crippen molar-refractivity contribution >= 4 is 5.97 Å². The Morgan fingerprint density at radius 1 is 0.515 bits per heavy atom. The monoisotopic (exact) mass is 458 g/mol. The largest absolute Gasteiger partial charge is 0.462 e. The van der Waals surface area contributed by atoms with Crippen LogP contribution in [0.15, 0.2) is 30.3 Å². The molecular weight excluding hydrogens is 404 g/mol. The second-order valence-electron chi connectivity index (χ2n) is 9.93. The summed E-state index contributed by atoms with van der Waals surface area (Å²) in [5.41, 5.74) is 0.649. The van der Waals surface area contributed by atoms with E-state index < -0.39 is 0 Å². The fourth-order valence-corrected chi connectivity index (χ4v) is 4.53. The van der Waals surface area contributed by atoms with E-state index in [1.54, 1.807) is 12.1 Å². The number of hydrogen-bond donors (Lipinski definition) is 0. The second kappa shape index (κ2) is 23.8. The van der Waals surface area contributed by atoms with Gasteiger partial charge in [-0.25, -0.2) is 4.79 Å². The number of benzene rings is 1. The molecule has 1 rings (SSSR count). The number of unbranched alkanes of at least 4 members (excludes halogenated alkanes) is 21. The van der Waals surface area contributed by atoms with Gasteiger partial charge in [-0.3, -0.25) is 0 Å². The average molecular weight is 459 g/mol. The lowest BCUT2D eigenvalue weighted by Gasteiger charge is -2.05. The van der Waals surface area contributed by atoms with Crippen LogP contribution >= 0.6 is 0 Å². The van der Waals surface area contributed by atoms with E-state index in [1.807, 2.05) is 18.2 Å². The van der Waals surface area contributed by atoms with Crippen molar-refractivity contribution < 1.29 is 9.53 Å². The highest BCUT2D eigenvalue weighted by Gasteiger charge is 2.04. The van der Waals surface area contributed by atoms with Gasteiger partial charge in [-0.15, -0.1) is 0 Å². The molecule has 1 aromatic carbocycles. The van der Waals surface area contributed by atoms with Crippen molar-refractivity contribution in [3.8, 4) is 0 Å². The van der Waals surface area contributed by atoms with Crippen LogP contribution in [0.5, 0.6) is 0 Å². The van der Waals surface area contributed by atoms with Gasteiger partial charge in [0.15, 0.2) is 0 Å². The third-order valence-electron chi connectivity index (χ3n) is 6.74. The molecule has 0 aliphatic carbocycles. The quantitative estimate of drug-likeness (QED) is 0.114. The first kappa shape index (κ1) is 29.7. The molecule has 0 aliphatic rings. The molecule has 2 heteroatoms. The molecule has 0 aromatic heterocycles. The maximum atomic E-state index is 11.8. The highest BCUT2D eigenvalue weighted by atomic mass is 16.5. The first-order chi connectivity index (χ1) is 16.3. The fraction of sp³-hybridized carbons (Fsp3) is 0.774. The van der Waals surface area contributed by atoms with Gasteiger partial charge >= 0.3 is 5.97 Å². The zero-order valence-corrected chi connectivity index (χ0v) is 22.0. The third-order valence-corrected chi connectivity index (χ3v) is 6.74. The van der Waals surface area contributed by atoms with Crippen molar-refractivity contribution in [3.05, 3.63) is 35.9 Å². The van der Waals surface area contributed by atoms with E-state index in [4.69, 9.17) is 4.74 Å². The van der Waals surface area contributed by atoms with Crippen LogP contribution < -0.4 is 0 Å². The van der Waals surface area contributed by atoms with E-state index in [1.165, 1.54) is 135 Å². The topological polar surface area (TPSA) is 26.3 Å². The lowest BCUT2D eigenvalue weighted by Crippen LogP contribution is -2.06. The first-order valence-corrected chi connectivity index (χ1v) is 14.6. The van der Waals surface area contributed by atoms with Crippen molar-refractivity contribution in [2.45, 2.75) is 148 Å². The Hall–Kier alpha value is -1.31. The number of rotatable bonds is 24. The van der Waals surface area contributed by atoms with Crippen molar-refractivity contribution in [2.75, 3.05) is 6.61 Å². The standard InChI is InChI=1S/C31H54O2/c1-2-3-4-5-6-7-8-9-10-11-12-13-14-15-16-17-18-19-20-21-22-26-29-33-31(32)30-27-24-23-25-28-30/h23-25,27-28H,2-22,26,29H2,1H3.